The molecule has 0 atom stereocenters. The molecule has 0 amide bonds. The van der Waals surface area contributed by atoms with Gasteiger partial charge in [-0.3, -0.25) is 0 Å². The van der Waals surface area contributed by atoms with Gasteiger partial charge >= 0.3 is 0 Å². The molecule has 2 nitrogen and oxygen atoms in total. The minimum atomic E-state index is -0.534. The highest BCUT2D eigenvalue weighted by atomic mass is 15.2. The first-order chi connectivity index (χ1) is 10.3. The van der Waals surface area contributed by atoms with Gasteiger partial charge in [0.15, 0.2) is 0 Å². The Hall–Kier alpha value is -2.11. The van der Waals surface area contributed by atoms with Crippen molar-refractivity contribution in [1.29, 1.82) is 5.26 Å². The normalized spacial score (nSPS) is 16.2. The van der Waals surface area contributed by atoms with Crippen molar-refractivity contribution in [3.8, 4) is 6.07 Å². The maximum atomic E-state index is 10.1. The van der Waals surface area contributed by atoms with E-state index in [9.17, 15) is 5.26 Å². The topological polar surface area (TPSA) is 27.0 Å². The second kappa shape index (κ2) is 5.71. The fraction of sp³-hybridized carbons (Fsp3) is 0.316. The van der Waals surface area contributed by atoms with Crippen molar-refractivity contribution in [2.75, 3.05) is 19.6 Å². The molecule has 0 unspecified atom stereocenters. The van der Waals surface area contributed by atoms with E-state index in [4.69, 9.17) is 0 Å². The summed E-state index contributed by atoms with van der Waals surface area (Å²) in [6, 6.07) is 23.2. The zero-order chi connectivity index (χ0) is 14.7. The van der Waals surface area contributed by atoms with Crippen molar-refractivity contribution in [2.45, 2.75) is 12.3 Å². The van der Waals surface area contributed by atoms with E-state index in [1.165, 1.54) is 0 Å². The Balaban J connectivity index is 2.09. The Morgan fingerprint density at radius 2 is 1.48 bits per heavy atom. The van der Waals surface area contributed by atoms with Crippen LogP contribution in [0.2, 0.25) is 0 Å². The van der Waals surface area contributed by atoms with Crippen molar-refractivity contribution in [3.63, 3.8) is 0 Å². The van der Waals surface area contributed by atoms with Crippen molar-refractivity contribution < 1.29 is 0 Å². The molecule has 0 saturated carbocycles. The Morgan fingerprint density at radius 3 is 1.86 bits per heavy atom. The van der Waals surface area contributed by atoms with E-state index in [1.807, 2.05) is 36.4 Å². The molecule has 1 aliphatic heterocycles. The maximum Gasteiger partial charge on any atom is 0.112 e. The molecule has 1 fully saturated rings. The van der Waals surface area contributed by atoms with E-state index in [0.29, 0.717) is 5.92 Å². The van der Waals surface area contributed by atoms with Crippen LogP contribution >= 0.6 is 0 Å². The summed E-state index contributed by atoms with van der Waals surface area (Å²) in [6.07, 6.45) is 0. The van der Waals surface area contributed by atoms with Crippen molar-refractivity contribution in [3.05, 3.63) is 71.8 Å². The van der Waals surface area contributed by atoms with Crippen molar-refractivity contribution in [1.82, 2.24) is 4.90 Å². The molecule has 0 radical (unpaired) electrons. The van der Waals surface area contributed by atoms with Gasteiger partial charge in [0.25, 0.3) is 0 Å². The lowest BCUT2D eigenvalue weighted by molar-refractivity contribution is 0.0764. The molecule has 1 saturated heterocycles. The third kappa shape index (κ3) is 2.24. The molecule has 1 aliphatic rings. The number of likely N-dealkylation sites (tertiary alicyclic amines) is 1. The molecule has 1 heterocycles. The average molecular weight is 276 g/mol. The highest BCUT2D eigenvalue weighted by molar-refractivity contribution is 5.47. The third-order valence-electron chi connectivity index (χ3n) is 4.65. The Morgan fingerprint density at radius 1 is 1.00 bits per heavy atom. The van der Waals surface area contributed by atoms with Gasteiger partial charge in [0, 0.05) is 19.0 Å². The van der Waals surface area contributed by atoms with Gasteiger partial charge in [-0.25, -0.2) is 0 Å². The molecule has 2 aromatic carbocycles. The predicted molar refractivity (Wildman–Crippen MR) is 84.9 cm³/mol. The molecule has 0 aliphatic carbocycles. The van der Waals surface area contributed by atoms with Crippen LogP contribution < -0.4 is 0 Å². The van der Waals surface area contributed by atoms with E-state index in [1.54, 1.807) is 0 Å². The monoisotopic (exact) mass is 276 g/mol. The molecule has 0 bridgehead atoms. The molecule has 3 rings (SSSR count). The largest absolute Gasteiger partial charge is 0.303 e. The van der Waals surface area contributed by atoms with Crippen LogP contribution in [0.25, 0.3) is 0 Å². The number of hydrogen-bond acceptors (Lipinski definition) is 2. The molecule has 106 valence electrons. The summed E-state index contributed by atoms with van der Waals surface area (Å²) < 4.78 is 0. The van der Waals surface area contributed by atoms with E-state index < -0.39 is 5.41 Å². The van der Waals surface area contributed by atoms with Gasteiger partial charge < -0.3 is 4.90 Å². The summed E-state index contributed by atoms with van der Waals surface area (Å²) in [4.78, 5) is 2.39. The molecule has 21 heavy (non-hydrogen) atoms. The number of nitriles is 1. The van der Waals surface area contributed by atoms with E-state index >= 15 is 0 Å². The third-order valence-corrected chi connectivity index (χ3v) is 4.65. The first-order valence-corrected chi connectivity index (χ1v) is 7.56. The van der Waals surface area contributed by atoms with Crippen LogP contribution in [-0.4, -0.2) is 24.5 Å². The molecule has 0 spiro atoms. The molecule has 0 N–H and O–H groups in total. The lowest BCUT2D eigenvalue weighted by Gasteiger charge is -2.47. The van der Waals surface area contributed by atoms with Gasteiger partial charge in [0.2, 0.25) is 0 Å². The second-order valence-electron chi connectivity index (χ2n) is 5.70. The van der Waals surface area contributed by atoms with Crippen molar-refractivity contribution in [2.24, 2.45) is 5.92 Å². The summed E-state index contributed by atoms with van der Waals surface area (Å²) in [5.74, 6) is 0.354. The first-order valence-electron chi connectivity index (χ1n) is 7.56. The fourth-order valence-electron chi connectivity index (χ4n) is 3.36. The van der Waals surface area contributed by atoms with E-state index in [-0.39, 0.29) is 0 Å². The van der Waals surface area contributed by atoms with Gasteiger partial charge in [-0.05, 0) is 17.7 Å². The lowest BCUT2D eigenvalue weighted by Crippen LogP contribution is -2.56. The van der Waals surface area contributed by atoms with Crippen molar-refractivity contribution >= 4 is 0 Å². The van der Waals surface area contributed by atoms with Gasteiger partial charge in [-0.1, -0.05) is 67.6 Å². The second-order valence-corrected chi connectivity index (χ2v) is 5.70. The van der Waals surface area contributed by atoms with Crippen LogP contribution in [0, 0.1) is 17.2 Å². The Kier molecular flexibility index (Phi) is 3.77. The van der Waals surface area contributed by atoms with Crippen LogP contribution in [0.1, 0.15) is 18.1 Å². The minimum absolute atomic E-state index is 0.354. The van der Waals surface area contributed by atoms with Crippen LogP contribution in [0.4, 0.5) is 0 Å². The Bertz CT molecular complexity index is 582. The Labute approximate surface area is 126 Å². The summed E-state index contributed by atoms with van der Waals surface area (Å²) in [5, 5.41) is 10.1. The smallest absolute Gasteiger partial charge is 0.112 e. The van der Waals surface area contributed by atoms with Crippen LogP contribution in [0.3, 0.4) is 0 Å². The minimum Gasteiger partial charge on any atom is -0.303 e. The van der Waals surface area contributed by atoms with Gasteiger partial charge in [0.05, 0.1) is 6.07 Å². The molecule has 2 aromatic rings. The van der Waals surface area contributed by atoms with Gasteiger partial charge in [-0.2, -0.15) is 5.26 Å². The average Bonchev–Trinajstić information content (AvgIpc) is 2.52. The predicted octanol–water partition coefficient (Wildman–Crippen LogP) is 3.45. The quantitative estimate of drug-likeness (QED) is 0.855. The maximum absolute atomic E-state index is 10.1. The number of benzene rings is 2. The molecule has 2 heteroatoms. The fourth-order valence-corrected chi connectivity index (χ4v) is 3.36. The summed E-state index contributed by atoms with van der Waals surface area (Å²) in [5.41, 5.74) is 1.69. The molecular formula is C19H20N2. The summed E-state index contributed by atoms with van der Waals surface area (Å²) in [7, 11) is 0. The van der Waals surface area contributed by atoms with E-state index in [2.05, 4.69) is 42.2 Å². The highest BCUT2D eigenvalue weighted by Gasteiger charge is 2.47. The van der Waals surface area contributed by atoms with Gasteiger partial charge in [-0.15, -0.1) is 0 Å². The SMILES string of the molecule is CCN1CC(C(C#N)(c2ccccc2)c2ccccc2)C1. The van der Waals surface area contributed by atoms with Gasteiger partial charge in [0.1, 0.15) is 5.41 Å². The van der Waals surface area contributed by atoms with Crippen LogP contribution in [-0.2, 0) is 5.41 Å². The van der Waals surface area contributed by atoms with Crippen LogP contribution in [0.5, 0.6) is 0 Å². The highest BCUT2D eigenvalue weighted by Crippen LogP contribution is 2.43. The lowest BCUT2D eigenvalue weighted by atomic mass is 9.64. The van der Waals surface area contributed by atoms with E-state index in [0.717, 1.165) is 30.8 Å². The van der Waals surface area contributed by atoms with Crippen LogP contribution in [0.15, 0.2) is 60.7 Å². The zero-order valence-electron chi connectivity index (χ0n) is 12.4. The standard InChI is InChI=1S/C19H20N2/c1-2-21-13-18(14-21)19(15-20,16-9-5-3-6-10-16)17-11-7-4-8-12-17/h3-12,18H,2,13-14H2,1H3. The first kappa shape index (κ1) is 13.9. The zero-order valence-corrected chi connectivity index (χ0v) is 12.4. The number of nitrogens with zero attached hydrogens (tertiary/aromatic N) is 2. The summed E-state index contributed by atoms with van der Waals surface area (Å²) in [6.45, 7) is 5.22. The molecular weight excluding hydrogens is 256 g/mol. The number of hydrogen-bond donors (Lipinski definition) is 0. The summed E-state index contributed by atoms with van der Waals surface area (Å²) >= 11 is 0. The number of rotatable bonds is 4. The molecule has 0 aromatic heterocycles.